The molecule has 2 unspecified atom stereocenters. The van der Waals surface area contributed by atoms with E-state index in [0.29, 0.717) is 6.04 Å². The monoisotopic (exact) mass is 200 g/mol. The van der Waals surface area contributed by atoms with Crippen LogP contribution in [0.1, 0.15) is 19.8 Å². The molecule has 2 atom stereocenters. The molecule has 1 rings (SSSR count). The zero-order valence-corrected chi connectivity index (χ0v) is 8.49. The van der Waals surface area contributed by atoms with Gasteiger partial charge in [0.2, 0.25) is 0 Å². The second kappa shape index (κ2) is 4.41. The molecule has 0 spiro atoms. The van der Waals surface area contributed by atoms with E-state index in [-0.39, 0.29) is 6.04 Å². The summed E-state index contributed by atoms with van der Waals surface area (Å²) in [5.74, 6) is -2.30. The third-order valence-electron chi connectivity index (χ3n) is 2.74. The number of hydrogen-bond acceptors (Lipinski definition) is 3. The Morgan fingerprint density at radius 1 is 1.50 bits per heavy atom. The number of aliphatic carboxylic acids is 1. The van der Waals surface area contributed by atoms with E-state index in [4.69, 9.17) is 5.11 Å². The number of carbonyl (C=O) groups excluding carboxylic acids is 1. The molecule has 0 bridgehead atoms. The molecule has 0 aliphatic carbocycles. The summed E-state index contributed by atoms with van der Waals surface area (Å²) in [5, 5.41) is 10.9. The maximum Gasteiger partial charge on any atom is 0.394 e. The van der Waals surface area contributed by atoms with Crippen LogP contribution in [-0.2, 0) is 9.59 Å². The predicted molar refractivity (Wildman–Crippen MR) is 50.9 cm³/mol. The van der Waals surface area contributed by atoms with Gasteiger partial charge in [-0.2, -0.15) is 0 Å². The Labute approximate surface area is 83.1 Å². The summed E-state index contributed by atoms with van der Waals surface area (Å²) in [7, 11) is 2.03. The number of nitrogens with one attached hydrogen (secondary N) is 1. The van der Waals surface area contributed by atoms with E-state index in [2.05, 4.69) is 17.1 Å². The van der Waals surface area contributed by atoms with E-state index in [1.165, 1.54) is 0 Å². The van der Waals surface area contributed by atoms with Gasteiger partial charge in [0.05, 0.1) is 0 Å². The lowest BCUT2D eigenvalue weighted by atomic mass is 9.99. The molecule has 0 radical (unpaired) electrons. The summed E-state index contributed by atoms with van der Waals surface area (Å²) >= 11 is 0. The minimum absolute atomic E-state index is 0.00444. The molecule has 5 nitrogen and oxygen atoms in total. The lowest BCUT2D eigenvalue weighted by Crippen LogP contribution is -2.48. The molecule has 5 heteroatoms. The third kappa shape index (κ3) is 2.70. The summed E-state index contributed by atoms with van der Waals surface area (Å²) in [6.45, 7) is 2.96. The highest BCUT2D eigenvalue weighted by atomic mass is 16.4. The largest absolute Gasteiger partial charge is 0.474 e. The van der Waals surface area contributed by atoms with Gasteiger partial charge < -0.3 is 15.3 Å². The summed E-state index contributed by atoms with van der Waals surface area (Å²) in [6, 6.07) is 0.396. The molecule has 1 heterocycles. The predicted octanol–water partition coefficient (Wildman–Crippen LogP) is -0.330. The first kappa shape index (κ1) is 11.0. The van der Waals surface area contributed by atoms with Gasteiger partial charge in [-0.15, -0.1) is 0 Å². The molecule has 80 valence electrons. The van der Waals surface area contributed by atoms with Gasteiger partial charge in [0.15, 0.2) is 0 Å². The van der Waals surface area contributed by atoms with Gasteiger partial charge in [0.25, 0.3) is 0 Å². The fourth-order valence-electron chi connectivity index (χ4n) is 1.67. The van der Waals surface area contributed by atoms with Gasteiger partial charge in [-0.25, -0.2) is 4.79 Å². The normalized spacial score (nSPS) is 28.4. The maximum atomic E-state index is 10.9. The van der Waals surface area contributed by atoms with Crippen LogP contribution < -0.4 is 5.32 Å². The summed E-state index contributed by atoms with van der Waals surface area (Å²) in [6.07, 6.45) is 1.63. The molecule has 0 saturated carbocycles. The van der Waals surface area contributed by atoms with E-state index in [9.17, 15) is 9.59 Å². The number of rotatable bonds is 1. The van der Waals surface area contributed by atoms with Crippen LogP contribution in [0.4, 0.5) is 0 Å². The minimum atomic E-state index is -1.41. The Morgan fingerprint density at radius 2 is 2.14 bits per heavy atom. The number of piperidine rings is 1. The third-order valence-corrected chi connectivity index (χ3v) is 2.74. The van der Waals surface area contributed by atoms with Gasteiger partial charge in [0, 0.05) is 18.6 Å². The molecule has 1 aliphatic rings. The van der Waals surface area contributed by atoms with Crippen molar-refractivity contribution < 1.29 is 14.7 Å². The van der Waals surface area contributed by atoms with Crippen LogP contribution in [0.2, 0.25) is 0 Å². The Kier molecular flexibility index (Phi) is 3.46. The molecule has 0 aromatic heterocycles. The number of carboxylic acid groups (broad SMARTS) is 1. The van der Waals surface area contributed by atoms with E-state index < -0.39 is 11.9 Å². The van der Waals surface area contributed by atoms with Crippen LogP contribution in [0, 0.1) is 0 Å². The van der Waals surface area contributed by atoms with Crippen molar-refractivity contribution in [2.24, 2.45) is 0 Å². The van der Waals surface area contributed by atoms with Crippen molar-refractivity contribution in [2.75, 3.05) is 13.6 Å². The van der Waals surface area contributed by atoms with E-state index in [1.54, 1.807) is 0 Å². The number of nitrogens with zero attached hydrogens (tertiary/aromatic N) is 1. The van der Waals surface area contributed by atoms with Crippen LogP contribution in [0.5, 0.6) is 0 Å². The van der Waals surface area contributed by atoms with Crippen LogP contribution in [-0.4, -0.2) is 47.6 Å². The summed E-state index contributed by atoms with van der Waals surface area (Å²) in [4.78, 5) is 23.4. The molecule has 0 aromatic carbocycles. The molecular weight excluding hydrogens is 184 g/mol. The Balaban J connectivity index is 2.40. The quantitative estimate of drug-likeness (QED) is 0.569. The molecule has 1 amide bonds. The maximum absolute atomic E-state index is 10.9. The fourth-order valence-corrected chi connectivity index (χ4v) is 1.67. The molecule has 14 heavy (non-hydrogen) atoms. The molecule has 1 aliphatic heterocycles. The highest BCUT2D eigenvalue weighted by Crippen LogP contribution is 2.14. The minimum Gasteiger partial charge on any atom is -0.474 e. The number of carboxylic acids is 1. The molecule has 1 saturated heterocycles. The SMILES string of the molecule is CC1CC(NC(=O)C(=O)O)CCN1C. The number of amides is 1. The average Bonchev–Trinajstić information content (AvgIpc) is 2.11. The second-order valence-electron chi connectivity index (χ2n) is 3.83. The van der Waals surface area contributed by atoms with Gasteiger partial charge in [-0.05, 0) is 26.8 Å². The average molecular weight is 200 g/mol. The van der Waals surface area contributed by atoms with Crippen LogP contribution >= 0.6 is 0 Å². The lowest BCUT2D eigenvalue weighted by molar-refractivity contribution is -0.150. The van der Waals surface area contributed by atoms with Crippen molar-refractivity contribution in [3.05, 3.63) is 0 Å². The molecule has 2 N–H and O–H groups in total. The summed E-state index contributed by atoms with van der Waals surface area (Å²) < 4.78 is 0. The highest BCUT2D eigenvalue weighted by molar-refractivity contribution is 6.31. The Bertz CT molecular complexity index is 242. The zero-order chi connectivity index (χ0) is 10.7. The van der Waals surface area contributed by atoms with E-state index in [1.807, 2.05) is 7.05 Å². The van der Waals surface area contributed by atoms with E-state index >= 15 is 0 Å². The molecule has 0 aromatic rings. The number of carbonyl (C=O) groups is 2. The van der Waals surface area contributed by atoms with Crippen molar-refractivity contribution in [3.8, 4) is 0 Å². The van der Waals surface area contributed by atoms with Crippen molar-refractivity contribution in [1.29, 1.82) is 0 Å². The molecular formula is C9H16N2O3. The first-order valence-electron chi connectivity index (χ1n) is 4.74. The first-order chi connectivity index (χ1) is 6.50. The number of likely N-dealkylation sites (tertiary alicyclic amines) is 1. The fraction of sp³-hybridized carbons (Fsp3) is 0.778. The van der Waals surface area contributed by atoms with Crippen molar-refractivity contribution in [3.63, 3.8) is 0 Å². The highest BCUT2D eigenvalue weighted by Gasteiger charge is 2.25. The first-order valence-corrected chi connectivity index (χ1v) is 4.74. The Hall–Kier alpha value is -1.10. The van der Waals surface area contributed by atoms with Gasteiger partial charge >= 0.3 is 11.9 Å². The topological polar surface area (TPSA) is 69.6 Å². The van der Waals surface area contributed by atoms with Crippen LogP contribution in [0.3, 0.4) is 0 Å². The molecule has 1 fully saturated rings. The van der Waals surface area contributed by atoms with Crippen molar-refractivity contribution >= 4 is 11.9 Å². The van der Waals surface area contributed by atoms with Gasteiger partial charge in [-0.3, -0.25) is 4.79 Å². The standard InChI is InChI=1S/C9H16N2O3/c1-6-5-7(3-4-11(6)2)10-8(12)9(13)14/h6-7H,3-5H2,1-2H3,(H,10,12)(H,13,14). The number of hydrogen-bond donors (Lipinski definition) is 2. The van der Waals surface area contributed by atoms with Crippen molar-refractivity contribution in [1.82, 2.24) is 10.2 Å². The van der Waals surface area contributed by atoms with Crippen LogP contribution in [0.15, 0.2) is 0 Å². The lowest BCUT2D eigenvalue weighted by Gasteiger charge is -2.34. The van der Waals surface area contributed by atoms with Gasteiger partial charge in [-0.1, -0.05) is 0 Å². The smallest absolute Gasteiger partial charge is 0.394 e. The second-order valence-corrected chi connectivity index (χ2v) is 3.83. The van der Waals surface area contributed by atoms with Crippen LogP contribution in [0.25, 0.3) is 0 Å². The zero-order valence-electron chi connectivity index (χ0n) is 8.49. The van der Waals surface area contributed by atoms with Crippen molar-refractivity contribution in [2.45, 2.75) is 31.8 Å². The Morgan fingerprint density at radius 3 is 2.64 bits per heavy atom. The van der Waals surface area contributed by atoms with Gasteiger partial charge in [0.1, 0.15) is 0 Å². The summed E-state index contributed by atoms with van der Waals surface area (Å²) in [5.41, 5.74) is 0. The van der Waals surface area contributed by atoms with E-state index in [0.717, 1.165) is 19.4 Å².